The summed E-state index contributed by atoms with van der Waals surface area (Å²) in [7, 11) is 0. The Balaban J connectivity index is 3.09. The zero-order chi connectivity index (χ0) is 15.6. The predicted octanol–water partition coefficient (Wildman–Crippen LogP) is 5.00. The van der Waals surface area contributed by atoms with Crippen molar-refractivity contribution >= 4 is 5.97 Å². The van der Waals surface area contributed by atoms with Crippen molar-refractivity contribution in [2.24, 2.45) is 0 Å². The molecule has 0 amide bonds. The molecule has 0 aromatic heterocycles. The van der Waals surface area contributed by atoms with E-state index >= 15 is 0 Å². The van der Waals surface area contributed by atoms with Crippen LogP contribution in [-0.2, 0) is 9.53 Å². The molecule has 3 heteroatoms. The highest BCUT2D eigenvalue weighted by Crippen LogP contribution is 2.12. The quantitative estimate of drug-likeness (QED) is 0.322. The highest BCUT2D eigenvalue weighted by Gasteiger charge is 2.02. The van der Waals surface area contributed by atoms with Crippen LogP contribution in [0.1, 0.15) is 96.8 Å². The summed E-state index contributed by atoms with van der Waals surface area (Å²) in [6.07, 6.45) is 16.3. The smallest absolute Gasteiger partial charge is 0.305 e. The minimum absolute atomic E-state index is 0.0798. The highest BCUT2D eigenvalue weighted by molar-refractivity contribution is 5.69. The van der Waals surface area contributed by atoms with Gasteiger partial charge < -0.3 is 9.84 Å². The van der Waals surface area contributed by atoms with Crippen LogP contribution in [0, 0.1) is 0 Å². The SMILES string of the molecule is CCCCCCCCCCCCCC(=O)OCCCCO. The fraction of sp³-hybridized carbons (Fsp3) is 0.944. The number of carbonyl (C=O) groups excluding carboxylic acids is 1. The van der Waals surface area contributed by atoms with Crippen molar-refractivity contribution in [1.29, 1.82) is 0 Å². The van der Waals surface area contributed by atoms with Crippen LogP contribution in [0.3, 0.4) is 0 Å². The Kier molecular flexibility index (Phi) is 17.0. The zero-order valence-electron chi connectivity index (χ0n) is 14.1. The maximum absolute atomic E-state index is 11.4. The Morgan fingerprint density at radius 2 is 1.29 bits per heavy atom. The molecule has 0 aliphatic rings. The summed E-state index contributed by atoms with van der Waals surface area (Å²) < 4.78 is 5.09. The van der Waals surface area contributed by atoms with Gasteiger partial charge in [0.15, 0.2) is 0 Å². The monoisotopic (exact) mass is 300 g/mol. The van der Waals surface area contributed by atoms with Crippen LogP contribution in [0.5, 0.6) is 0 Å². The summed E-state index contributed by atoms with van der Waals surface area (Å²) in [6, 6.07) is 0. The van der Waals surface area contributed by atoms with Gasteiger partial charge in [0.25, 0.3) is 0 Å². The lowest BCUT2D eigenvalue weighted by Crippen LogP contribution is -2.06. The van der Waals surface area contributed by atoms with Crippen LogP contribution < -0.4 is 0 Å². The van der Waals surface area contributed by atoms with Gasteiger partial charge in [-0.25, -0.2) is 0 Å². The molecule has 1 N–H and O–H groups in total. The van der Waals surface area contributed by atoms with Crippen LogP contribution in [0.15, 0.2) is 0 Å². The Morgan fingerprint density at radius 3 is 1.81 bits per heavy atom. The molecule has 126 valence electrons. The molecule has 0 atom stereocenters. The maximum Gasteiger partial charge on any atom is 0.305 e. The molecular weight excluding hydrogens is 264 g/mol. The van der Waals surface area contributed by atoms with E-state index in [2.05, 4.69) is 6.92 Å². The lowest BCUT2D eigenvalue weighted by Gasteiger charge is -2.04. The molecule has 0 radical (unpaired) electrons. The van der Waals surface area contributed by atoms with E-state index in [1.54, 1.807) is 0 Å². The molecule has 0 saturated carbocycles. The third-order valence-corrected chi connectivity index (χ3v) is 3.80. The first-order valence-electron chi connectivity index (χ1n) is 9.07. The van der Waals surface area contributed by atoms with E-state index in [1.165, 1.54) is 57.8 Å². The largest absolute Gasteiger partial charge is 0.466 e. The van der Waals surface area contributed by atoms with E-state index < -0.39 is 0 Å². The average Bonchev–Trinajstić information content (AvgIpc) is 2.49. The van der Waals surface area contributed by atoms with Gasteiger partial charge in [0.05, 0.1) is 6.61 Å². The van der Waals surface area contributed by atoms with Crippen LogP contribution in [0.2, 0.25) is 0 Å². The van der Waals surface area contributed by atoms with Gasteiger partial charge in [-0.2, -0.15) is 0 Å². The van der Waals surface area contributed by atoms with Gasteiger partial charge in [-0.15, -0.1) is 0 Å². The van der Waals surface area contributed by atoms with Gasteiger partial charge in [0.1, 0.15) is 0 Å². The van der Waals surface area contributed by atoms with Gasteiger partial charge in [0.2, 0.25) is 0 Å². The number of aliphatic hydroxyl groups is 1. The van der Waals surface area contributed by atoms with Gasteiger partial charge in [-0.1, -0.05) is 71.1 Å². The number of esters is 1. The van der Waals surface area contributed by atoms with E-state index in [-0.39, 0.29) is 12.6 Å². The Bertz CT molecular complexity index is 217. The first-order valence-corrected chi connectivity index (χ1v) is 9.07. The number of rotatable bonds is 16. The van der Waals surface area contributed by atoms with Crippen LogP contribution in [-0.4, -0.2) is 24.3 Å². The minimum atomic E-state index is -0.0798. The van der Waals surface area contributed by atoms with E-state index in [0.717, 1.165) is 19.3 Å². The van der Waals surface area contributed by atoms with E-state index in [4.69, 9.17) is 9.84 Å². The van der Waals surface area contributed by atoms with Crippen molar-refractivity contribution in [2.75, 3.05) is 13.2 Å². The molecule has 0 fully saturated rings. The topological polar surface area (TPSA) is 46.5 Å². The fourth-order valence-electron chi connectivity index (χ4n) is 2.41. The van der Waals surface area contributed by atoms with Crippen LogP contribution >= 0.6 is 0 Å². The summed E-state index contributed by atoms with van der Waals surface area (Å²) in [5.74, 6) is -0.0798. The number of carbonyl (C=O) groups is 1. The molecule has 21 heavy (non-hydrogen) atoms. The van der Waals surface area contributed by atoms with Crippen molar-refractivity contribution < 1.29 is 14.6 Å². The molecule has 0 rings (SSSR count). The first kappa shape index (κ1) is 20.4. The molecule has 0 aliphatic carbocycles. The fourth-order valence-corrected chi connectivity index (χ4v) is 2.41. The number of hydrogen-bond acceptors (Lipinski definition) is 3. The van der Waals surface area contributed by atoms with Gasteiger partial charge in [-0.05, 0) is 19.3 Å². The van der Waals surface area contributed by atoms with Crippen molar-refractivity contribution in [1.82, 2.24) is 0 Å². The second-order valence-corrected chi connectivity index (χ2v) is 5.94. The number of unbranched alkanes of at least 4 members (excludes halogenated alkanes) is 11. The van der Waals surface area contributed by atoms with Gasteiger partial charge >= 0.3 is 5.97 Å². The second-order valence-electron chi connectivity index (χ2n) is 5.94. The standard InChI is InChI=1S/C18H36O3/c1-2-3-4-5-6-7-8-9-10-11-12-15-18(20)21-17-14-13-16-19/h19H,2-17H2,1H3. The Labute approximate surface area is 131 Å². The van der Waals surface area contributed by atoms with Crippen molar-refractivity contribution in [3.63, 3.8) is 0 Å². The molecule has 0 unspecified atom stereocenters. The molecule has 0 saturated heterocycles. The lowest BCUT2D eigenvalue weighted by atomic mass is 10.1. The number of aliphatic hydroxyl groups excluding tert-OH is 1. The molecule has 0 aromatic carbocycles. The minimum Gasteiger partial charge on any atom is -0.466 e. The van der Waals surface area contributed by atoms with Crippen molar-refractivity contribution in [2.45, 2.75) is 96.8 Å². The normalized spacial score (nSPS) is 10.8. The molecule has 0 aromatic rings. The molecule has 0 aliphatic heterocycles. The Morgan fingerprint density at radius 1 is 0.762 bits per heavy atom. The highest BCUT2D eigenvalue weighted by atomic mass is 16.5. The predicted molar refractivity (Wildman–Crippen MR) is 88.4 cm³/mol. The summed E-state index contributed by atoms with van der Waals surface area (Å²) in [4.78, 5) is 11.4. The molecule has 0 bridgehead atoms. The maximum atomic E-state index is 11.4. The average molecular weight is 300 g/mol. The van der Waals surface area contributed by atoms with E-state index in [0.29, 0.717) is 19.4 Å². The number of hydrogen-bond donors (Lipinski definition) is 1. The van der Waals surface area contributed by atoms with E-state index in [9.17, 15) is 4.79 Å². The third kappa shape index (κ3) is 17.4. The molecule has 0 heterocycles. The second kappa shape index (κ2) is 17.5. The van der Waals surface area contributed by atoms with Crippen LogP contribution in [0.25, 0.3) is 0 Å². The van der Waals surface area contributed by atoms with Crippen molar-refractivity contribution in [3.8, 4) is 0 Å². The summed E-state index contributed by atoms with van der Waals surface area (Å²) in [6.45, 7) is 2.89. The third-order valence-electron chi connectivity index (χ3n) is 3.80. The summed E-state index contributed by atoms with van der Waals surface area (Å²) >= 11 is 0. The molecule has 0 spiro atoms. The van der Waals surface area contributed by atoms with E-state index in [1.807, 2.05) is 0 Å². The van der Waals surface area contributed by atoms with Gasteiger partial charge in [0, 0.05) is 13.0 Å². The number of ether oxygens (including phenoxy) is 1. The molecular formula is C18H36O3. The molecule has 3 nitrogen and oxygen atoms in total. The Hall–Kier alpha value is -0.570. The van der Waals surface area contributed by atoms with Gasteiger partial charge in [-0.3, -0.25) is 4.79 Å². The van der Waals surface area contributed by atoms with Crippen molar-refractivity contribution in [3.05, 3.63) is 0 Å². The zero-order valence-corrected chi connectivity index (χ0v) is 14.1. The first-order chi connectivity index (χ1) is 10.3. The summed E-state index contributed by atoms with van der Waals surface area (Å²) in [5, 5.41) is 8.61. The van der Waals surface area contributed by atoms with Crippen LogP contribution in [0.4, 0.5) is 0 Å². The lowest BCUT2D eigenvalue weighted by molar-refractivity contribution is -0.143. The summed E-state index contributed by atoms with van der Waals surface area (Å²) in [5.41, 5.74) is 0.